The van der Waals surface area contributed by atoms with E-state index in [-0.39, 0.29) is 0 Å². The van der Waals surface area contributed by atoms with Crippen molar-refractivity contribution in [2.75, 3.05) is 19.0 Å². The maximum absolute atomic E-state index is 5.90. The minimum atomic E-state index is 0.356. The van der Waals surface area contributed by atoms with Crippen LogP contribution in [-0.4, -0.2) is 19.1 Å². The van der Waals surface area contributed by atoms with E-state index in [0.29, 0.717) is 11.8 Å². The number of ether oxygens (including phenoxy) is 1. The predicted molar refractivity (Wildman–Crippen MR) is 82.3 cm³/mol. The second kappa shape index (κ2) is 6.26. The highest BCUT2D eigenvalue weighted by molar-refractivity contribution is 9.10. The number of benzene rings is 1. The third-order valence-electron chi connectivity index (χ3n) is 2.58. The quantitative estimate of drug-likeness (QED) is 0.769. The molecule has 0 spiro atoms. The van der Waals surface area contributed by atoms with E-state index < -0.39 is 0 Å². The number of aromatic nitrogens is 1. The van der Waals surface area contributed by atoms with Crippen LogP contribution in [0.1, 0.15) is 5.56 Å². The zero-order chi connectivity index (χ0) is 13.8. The molecule has 19 heavy (non-hydrogen) atoms. The van der Waals surface area contributed by atoms with Crippen LogP contribution < -0.4 is 9.64 Å². The Morgan fingerprint density at radius 1 is 1.32 bits per heavy atom. The zero-order valence-corrected chi connectivity index (χ0v) is 13.1. The van der Waals surface area contributed by atoms with E-state index >= 15 is 0 Å². The van der Waals surface area contributed by atoms with Crippen LogP contribution in [0.15, 0.2) is 41.0 Å². The Balaban J connectivity index is 2.28. The maximum Gasteiger partial charge on any atom is 0.223 e. The summed E-state index contributed by atoms with van der Waals surface area (Å²) in [7, 11) is 3.97. The van der Waals surface area contributed by atoms with Crippen molar-refractivity contribution in [1.29, 1.82) is 0 Å². The summed E-state index contributed by atoms with van der Waals surface area (Å²) in [6, 6.07) is 9.73. The molecule has 0 aliphatic carbocycles. The fourth-order valence-electron chi connectivity index (χ4n) is 1.59. The van der Waals surface area contributed by atoms with Gasteiger partial charge in [-0.15, -0.1) is 11.6 Å². The molecule has 0 amide bonds. The first kappa shape index (κ1) is 14.2. The fraction of sp³-hybridized carbons (Fsp3) is 0.214. The van der Waals surface area contributed by atoms with Crippen molar-refractivity contribution < 1.29 is 4.74 Å². The second-order valence-electron chi connectivity index (χ2n) is 4.25. The molecule has 5 heteroatoms. The van der Waals surface area contributed by atoms with E-state index in [1.165, 1.54) is 0 Å². The van der Waals surface area contributed by atoms with Gasteiger partial charge in [0.15, 0.2) is 0 Å². The molecular weight excluding hydrogens is 328 g/mol. The van der Waals surface area contributed by atoms with E-state index in [0.717, 1.165) is 21.5 Å². The standard InChI is InChI=1S/C14H14BrClN2O/c1-18(2)12-4-3-5-13(7-12)19-14-10(8-16)6-11(15)9-17-14/h3-7,9H,8H2,1-2H3. The van der Waals surface area contributed by atoms with Crippen LogP contribution in [0.25, 0.3) is 0 Å². The molecule has 0 aliphatic heterocycles. The largest absolute Gasteiger partial charge is 0.439 e. The molecule has 100 valence electrons. The van der Waals surface area contributed by atoms with Gasteiger partial charge in [0.25, 0.3) is 0 Å². The average molecular weight is 342 g/mol. The first-order valence-electron chi connectivity index (χ1n) is 5.76. The topological polar surface area (TPSA) is 25.4 Å². The molecule has 1 heterocycles. The number of nitrogens with zero attached hydrogens (tertiary/aromatic N) is 2. The monoisotopic (exact) mass is 340 g/mol. The van der Waals surface area contributed by atoms with Crippen LogP contribution in [-0.2, 0) is 5.88 Å². The fourth-order valence-corrected chi connectivity index (χ4v) is 2.16. The second-order valence-corrected chi connectivity index (χ2v) is 5.43. The number of alkyl halides is 1. The Kier molecular flexibility index (Phi) is 4.66. The molecule has 0 radical (unpaired) electrons. The molecule has 0 saturated heterocycles. The van der Waals surface area contributed by atoms with Gasteiger partial charge in [0.1, 0.15) is 5.75 Å². The lowest BCUT2D eigenvalue weighted by atomic mass is 10.3. The smallest absolute Gasteiger partial charge is 0.223 e. The number of hydrogen-bond acceptors (Lipinski definition) is 3. The number of halogens is 2. The molecule has 0 aliphatic rings. The summed E-state index contributed by atoms with van der Waals surface area (Å²) >= 11 is 9.27. The highest BCUT2D eigenvalue weighted by Gasteiger charge is 2.07. The Bertz CT molecular complexity index is 575. The lowest BCUT2D eigenvalue weighted by Crippen LogP contribution is -2.08. The van der Waals surface area contributed by atoms with Gasteiger partial charge in [-0.05, 0) is 34.1 Å². The molecule has 0 fully saturated rings. The van der Waals surface area contributed by atoms with Crippen molar-refractivity contribution in [3.8, 4) is 11.6 Å². The van der Waals surface area contributed by atoms with Gasteiger partial charge in [-0.2, -0.15) is 0 Å². The Morgan fingerprint density at radius 2 is 2.11 bits per heavy atom. The number of hydrogen-bond donors (Lipinski definition) is 0. The normalized spacial score (nSPS) is 10.3. The molecule has 0 unspecified atom stereocenters. The zero-order valence-electron chi connectivity index (χ0n) is 10.7. The van der Waals surface area contributed by atoms with Crippen molar-refractivity contribution in [3.63, 3.8) is 0 Å². The van der Waals surface area contributed by atoms with Gasteiger partial charge in [-0.25, -0.2) is 4.98 Å². The lowest BCUT2D eigenvalue weighted by Gasteiger charge is -2.14. The van der Waals surface area contributed by atoms with E-state index in [2.05, 4.69) is 20.9 Å². The average Bonchev–Trinajstić information content (AvgIpc) is 2.41. The SMILES string of the molecule is CN(C)c1cccc(Oc2ncc(Br)cc2CCl)c1. The molecule has 2 aromatic rings. The number of rotatable bonds is 4. The third kappa shape index (κ3) is 3.61. The summed E-state index contributed by atoms with van der Waals surface area (Å²) in [6.45, 7) is 0. The molecule has 0 N–H and O–H groups in total. The van der Waals surface area contributed by atoms with Crippen LogP contribution in [0.2, 0.25) is 0 Å². The molecule has 1 aromatic heterocycles. The highest BCUT2D eigenvalue weighted by atomic mass is 79.9. The van der Waals surface area contributed by atoms with Gasteiger partial charge >= 0.3 is 0 Å². The van der Waals surface area contributed by atoms with E-state index in [4.69, 9.17) is 16.3 Å². The molecule has 0 saturated carbocycles. The highest BCUT2D eigenvalue weighted by Crippen LogP contribution is 2.28. The minimum Gasteiger partial charge on any atom is -0.439 e. The first-order chi connectivity index (χ1) is 9.10. The van der Waals surface area contributed by atoms with E-state index in [1.54, 1.807) is 6.20 Å². The van der Waals surface area contributed by atoms with Gasteiger partial charge in [-0.3, -0.25) is 0 Å². The van der Waals surface area contributed by atoms with Crippen molar-refractivity contribution in [3.05, 3.63) is 46.6 Å². The summed E-state index contributed by atoms with van der Waals surface area (Å²) in [5, 5.41) is 0. The van der Waals surface area contributed by atoms with Gasteiger partial charge in [-0.1, -0.05) is 6.07 Å². The van der Waals surface area contributed by atoms with Gasteiger partial charge in [0.05, 0.1) is 5.88 Å². The first-order valence-corrected chi connectivity index (χ1v) is 7.08. The number of pyridine rings is 1. The van der Waals surface area contributed by atoms with Crippen molar-refractivity contribution >= 4 is 33.2 Å². The summed E-state index contributed by atoms with van der Waals surface area (Å²) < 4.78 is 6.69. The van der Waals surface area contributed by atoms with E-state index in [9.17, 15) is 0 Å². The van der Waals surface area contributed by atoms with Crippen LogP contribution >= 0.6 is 27.5 Å². The molecule has 0 atom stereocenters. The van der Waals surface area contributed by atoms with Crippen LogP contribution in [0.4, 0.5) is 5.69 Å². The Hall–Kier alpha value is -1.26. The van der Waals surface area contributed by atoms with Crippen molar-refractivity contribution in [1.82, 2.24) is 4.98 Å². The predicted octanol–water partition coefficient (Wildman–Crippen LogP) is 4.44. The summed E-state index contributed by atoms with van der Waals surface area (Å²) in [5.74, 6) is 1.64. The minimum absolute atomic E-state index is 0.356. The van der Waals surface area contributed by atoms with E-state index in [1.807, 2.05) is 49.3 Å². The van der Waals surface area contributed by atoms with Crippen LogP contribution in [0.5, 0.6) is 11.6 Å². The summed E-state index contributed by atoms with van der Waals surface area (Å²) in [6.07, 6.45) is 1.70. The summed E-state index contributed by atoms with van der Waals surface area (Å²) in [5.41, 5.74) is 1.92. The van der Waals surface area contributed by atoms with Crippen LogP contribution in [0, 0.1) is 0 Å². The third-order valence-corrected chi connectivity index (χ3v) is 3.31. The summed E-state index contributed by atoms with van der Waals surface area (Å²) in [4.78, 5) is 6.27. The molecule has 2 rings (SSSR count). The van der Waals surface area contributed by atoms with Crippen molar-refractivity contribution in [2.45, 2.75) is 5.88 Å². The Morgan fingerprint density at radius 3 is 2.79 bits per heavy atom. The number of anilines is 1. The van der Waals surface area contributed by atoms with Crippen LogP contribution in [0.3, 0.4) is 0 Å². The molecule has 0 bridgehead atoms. The van der Waals surface area contributed by atoms with Crippen molar-refractivity contribution in [2.24, 2.45) is 0 Å². The molecule has 3 nitrogen and oxygen atoms in total. The molecular formula is C14H14BrClN2O. The Labute approximate surface area is 126 Å². The van der Waals surface area contributed by atoms with Gasteiger partial charge in [0.2, 0.25) is 5.88 Å². The van der Waals surface area contributed by atoms with Gasteiger partial charge < -0.3 is 9.64 Å². The maximum atomic E-state index is 5.90. The lowest BCUT2D eigenvalue weighted by molar-refractivity contribution is 0.458. The van der Waals surface area contributed by atoms with Gasteiger partial charge in [0, 0.05) is 42.1 Å². The molecule has 1 aromatic carbocycles.